The SMILES string of the molecule is O=C(NC(=S)Nc1ccc(Br)cc1Cl)c1ccccc1Cl. The van der Waals surface area contributed by atoms with Crippen LogP contribution in [0.1, 0.15) is 10.4 Å². The van der Waals surface area contributed by atoms with E-state index in [9.17, 15) is 4.79 Å². The second kappa shape index (κ2) is 7.22. The Kier molecular flexibility index (Phi) is 5.58. The summed E-state index contributed by atoms with van der Waals surface area (Å²) in [7, 11) is 0. The highest BCUT2D eigenvalue weighted by Crippen LogP contribution is 2.25. The molecule has 0 aliphatic carbocycles. The molecule has 0 radical (unpaired) electrons. The van der Waals surface area contributed by atoms with E-state index < -0.39 is 0 Å². The number of halogens is 3. The van der Waals surface area contributed by atoms with Gasteiger partial charge in [-0.25, -0.2) is 0 Å². The van der Waals surface area contributed by atoms with Crippen LogP contribution in [0, 0.1) is 0 Å². The Hall–Kier alpha value is -1.14. The zero-order chi connectivity index (χ0) is 15.4. The molecule has 0 spiro atoms. The lowest BCUT2D eigenvalue weighted by Gasteiger charge is -2.11. The lowest BCUT2D eigenvalue weighted by Crippen LogP contribution is -2.34. The quantitative estimate of drug-likeness (QED) is 0.702. The van der Waals surface area contributed by atoms with Gasteiger partial charge in [0, 0.05) is 4.47 Å². The summed E-state index contributed by atoms with van der Waals surface area (Å²) < 4.78 is 0.851. The average molecular weight is 404 g/mol. The van der Waals surface area contributed by atoms with Crippen molar-refractivity contribution in [2.24, 2.45) is 0 Å². The van der Waals surface area contributed by atoms with Gasteiger partial charge < -0.3 is 5.32 Å². The molecule has 108 valence electrons. The Morgan fingerprint density at radius 1 is 1.10 bits per heavy atom. The first-order chi connectivity index (χ1) is 9.97. The van der Waals surface area contributed by atoms with Crippen molar-refractivity contribution >= 4 is 68.1 Å². The second-order valence-corrected chi connectivity index (χ2v) is 6.15. The molecule has 0 bridgehead atoms. The number of hydrogen-bond acceptors (Lipinski definition) is 2. The van der Waals surface area contributed by atoms with Gasteiger partial charge in [-0.15, -0.1) is 0 Å². The Balaban J connectivity index is 2.05. The first kappa shape index (κ1) is 16.2. The van der Waals surface area contributed by atoms with E-state index in [1.165, 1.54) is 0 Å². The topological polar surface area (TPSA) is 41.1 Å². The number of thiocarbonyl (C=S) groups is 1. The van der Waals surface area contributed by atoms with Crippen LogP contribution >= 0.6 is 51.3 Å². The largest absolute Gasteiger partial charge is 0.331 e. The normalized spacial score (nSPS) is 10.0. The fourth-order valence-electron chi connectivity index (χ4n) is 1.56. The summed E-state index contributed by atoms with van der Waals surface area (Å²) in [6, 6.07) is 12.0. The Labute approximate surface area is 145 Å². The monoisotopic (exact) mass is 402 g/mol. The molecule has 0 heterocycles. The van der Waals surface area contributed by atoms with Gasteiger partial charge in [-0.1, -0.05) is 51.3 Å². The van der Waals surface area contributed by atoms with Gasteiger partial charge in [0.2, 0.25) is 0 Å². The highest BCUT2D eigenvalue weighted by Gasteiger charge is 2.12. The maximum absolute atomic E-state index is 12.0. The molecule has 0 saturated heterocycles. The second-order valence-electron chi connectivity index (χ2n) is 4.01. The van der Waals surface area contributed by atoms with E-state index in [4.69, 9.17) is 35.4 Å². The maximum atomic E-state index is 12.0. The molecule has 0 unspecified atom stereocenters. The summed E-state index contributed by atoms with van der Waals surface area (Å²) in [6.07, 6.45) is 0. The molecule has 0 saturated carbocycles. The molecule has 0 aliphatic heterocycles. The third-order valence-corrected chi connectivity index (χ3v) is 3.86. The molecule has 2 aromatic carbocycles. The smallest absolute Gasteiger partial charge is 0.258 e. The van der Waals surface area contributed by atoms with E-state index in [0.29, 0.717) is 21.3 Å². The predicted molar refractivity (Wildman–Crippen MR) is 94.3 cm³/mol. The number of carbonyl (C=O) groups is 1. The van der Waals surface area contributed by atoms with Crippen LogP contribution in [0.15, 0.2) is 46.9 Å². The fraction of sp³-hybridized carbons (Fsp3) is 0. The zero-order valence-corrected chi connectivity index (χ0v) is 14.4. The summed E-state index contributed by atoms with van der Waals surface area (Å²) in [5.74, 6) is -0.383. The van der Waals surface area contributed by atoms with Crippen molar-refractivity contribution in [3.05, 3.63) is 62.5 Å². The fourth-order valence-corrected chi connectivity index (χ4v) is 2.71. The van der Waals surface area contributed by atoms with Crippen LogP contribution in [0.3, 0.4) is 0 Å². The van der Waals surface area contributed by atoms with Crippen LogP contribution in [-0.2, 0) is 0 Å². The van der Waals surface area contributed by atoms with Gasteiger partial charge in [-0.3, -0.25) is 10.1 Å². The summed E-state index contributed by atoms with van der Waals surface area (Å²) in [6.45, 7) is 0. The van der Waals surface area contributed by atoms with Crippen LogP contribution < -0.4 is 10.6 Å². The van der Waals surface area contributed by atoms with Gasteiger partial charge in [0.1, 0.15) is 0 Å². The zero-order valence-electron chi connectivity index (χ0n) is 10.5. The molecular weight excluding hydrogens is 395 g/mol. The van der Waals surface area contributed by atoms with E-state index in [1.54, 1.807) is 36.4 Å². The van der Waals surface area contributed by atoms with E-state index in [-0.39, 0.29) is 11.0 Å². The van der Waals surface area contributed by atoms with Crippen molar-refractivity contribution in [1.82, 2.24) is 5.32 Å². The predicted octanol–water partition coefficient (Wildman–Crippen LogP) is 4.88. The Morgan fingerprint density at radius 2 is 1.81 bits per heavy atom. The third kappa shape index (κ3) is 4.41. The minimum absolute atomic E-state index is 0.143. The summed E-state index contributed by atoms with van der Waals surface area (Å²) >= 11 is 20.4. The van der Waals surface area contributed by atoms with Gasteiger partial charge in [-0.2, -0.15) is 0 Å². The number of hydrogen-bond donors (Lipinski definition) is 2. The molecule has 21 heavy (non-hydrogen) atoms. The van der Waals surface area contributed by atoms with Crippen molar-refractivity contribution < 1.29 is 4.79 Å². The number of benzene rings is 2. The van der Waals surface area contributed by atoms with Crippen LogP contribution in [0.2, 0.25) is 10.0 Å². The number of amides is 1. The summed E-state index contributed by atoms with van der Waals surface area (Å²) in [5, 5.41) is 6.40. The van der Waals surface area contributed by atoms with Crippen molar-refractivity contribution in [3.8, 4) is 0 Å². The summed E-state index contributed by atoms with van der Waals surface area (Å²) in [5.41, 5.74) is 0.953. The van der Waals surface area contributed by atoms with E-state index in [1.807, 2.05) is 6.07 Å². The third-order valence-electron chi connectivity index (χ3n) is 2.52. The van der Waals surface area contributed by atoms with E-state index in [0.717, 1.165) is 4.47 Å². The Bertz CT molecular complexity index is 709. The average Bonchev–Trinajstić information content (AvgIpc) is 2.42. The first-order valence-corrected chi connectivity index (χ1v) is 7.75. The number of carbonyl (C=O) groups excluding carboxylic acids is 1. The van der Waals surface area contributed by atoms with Gasteiger partial charge in [0.05, 0.1) is 21.3 Å². The van der Waals surface area contributed by atoms with Gasteiger partial charge in [0.25, 0.3) is 5.91 Å². The van der Waals surface area contributed by atoms with Crippen molar-refractivity contribution in [2.75, 3.05) is 5.32 Å². The highest BCUT2D eigenvalue weighted by molar-refractivity contribution is 9.10. The summed E-state index contributed by atoms with van der Waals surface area (Å²) in [4.78, 5) is 12.0. The standard InChI is InChI=1S/C14H9BrCl2N2OS/c15-8-5-6-12(11(17)7-8)18-14(21)19-13(20)9-3-1-2-4-10(9)16/h1-7H,(H2,18,19,20,21). The highest BCUT2D eigenvalue weighted by atomic mass is 79.9. The molecule has 2 rings (SSSR count). The molecular formula is C14H9BrCl2N2OS. The number of anilines is 1. The molecule has 2 N–H and O–H groups in total. The minimum atomic E-state index is -0.383. The molecule has 0 atom stereocenters. The molecule has 0 aromatic heterocycles. The van der Waals surface area contributed by atoms with Gasteiger partial charge in [0.15, 0.2) is 5.11 Å². The number of rotatable bonds is 2. The van der Waals surface area contributed by atoms with E-state index >= 15 is 0 Å². The van der Waals surface area contributed by atoms with Gasteiger partial charge >= 0.3 is 0 Å². The van der Waals surface area contributed by atoms with Crippen LogP contribution in [0.25, 0.3) is 0 Å². The van der Waals surface area contributed by atoms with Gasteiger partial charge in [-0.05, 0) is 42.5 Å². The van der Waals surface area contributed by atoms with Crippen LogP contribution in [0.4, 0.5) is 5.69 Å². The Morgan fingerprint density at radius 3 is 2.48 bits per heavy atom. The molecule has 7 heteroatoms. The van der Waals surface area contributed by atoms with E-state index in [2.05, 4.69) is 26.6 Å². The lowest BCUT2D eigenvalue weighted by molar-refractivity contribution is 0.0978. The molecule has 0 aliphatic rings. The molecule has 3 nitrogen and oxygen atoms in total. The van der Waals surface area contributed by atoms with Crippen LogP contribution in [-0.4, -0.2) is 11.0 Å². The minimum Gasteiger partial charge on any atom is -0.331 e. The molecule has 0 fully saturated rings. The van der Waals surface area contributed by atoms with Crippen molar-refractivity contribution in [2.45, 2.75) is 0 Å². The lowest BCUT2D eigenvalue weighted by atomic mass is 10.2. The van der Waals surface area contributed by atoms with Crippen molar-refractivity contribution in [3.63, 3.8) is 0 Å². The first-order valence-electron chi connectivity index (χ1n) is 5.79. The molecule has 1 amide bonds. The van der Waals surface area contributed by atoms with Crippen LogP contribution in [0.5, 0.6) is 0 Å². The maximum Gasteiger partial charge on any atom is 0.258 e. The van der Waals surface area contributed by atoms with Crippen molar-refractivity contribution in [1.29, 1.82) is 0 Å². The number of nitrogens with one attached hydrogen (secondary N) is 2. The molecule has 2 aromatic rings.